The first-order chi connectivity index (χ1) is 10.9. The van der Waals surface area contributed by atoms with Gasteiger partial charge in [-0.25, -0.2) is 8.42 Å². The minimum absolute atomic E-state index is 0.574. The predicted molar refractivity (Wildman–Crippen MR) is 92.7 cm³/mol. The standard InChI is InChI=1S/C18H19NO3S/c1-12-8-9-16-14(10-12)15(11-19-16)18(23(3,20)21)13-6-4-5-7-17(13)22-2/h4-11,18-19H,1-3H3. The van der Waals surface area contributed by atoms with Gasteiger partial charge in [-0.05, 0) is 25.1 Å². The molecule has 0 fully saturated rings. The lowest BCUT2D eigenvalue weighted by molar-refractivity contribution is 0.410. The Hall–Kier alpha value is -2.27. The smallest absolute Gasteiger partial charge is 0.158 e. The lowest BCUT2D eigenvalue weighted by Crippen LogP contribution is -2.14. The zero-order valence-electron chi connectivity index (χ0n) is 13.3. The Morgan fingerprint density at radius 1 is 1.09 bits per heavy atom. The van der Waals surface area contributed by atoms with E-state index in [1.54, 1.807) is 25.4 Å². The third kappa shape index (κ3) is 2.84. The van der Waals surface area contributed by atoms with Crippen LogP contribution in [0.1, 0.15) is 21.9 Å². The molecule has 1 aromatic heterocycles. The monoisotopic (exact) mass is 329 g/mol. The highest BCUT2D eigenvalue weighted by molar-refractivity contribution is 7.91. The van der Waals surface area contributed by atoms with Crippen molar-refractivity contribution in [2.24, 2.45) is 0 Å². The van der Waals surface area contributed by atoms with Gasteiger partial charge in [0.05, 0.1) is 7.11 Å². The molecule has 3 rings (SSSR count). The molecule has 0 spiro atoms. The van der Waals surface area contributed by atoms with E-state index in [0.29, 0.717) is 11.3 Å². The summed E-state index contributed by atoms with van der Waals surface area (Å²) in [7, 11) is -1.82. The second-order valence-electron chi connectivity index (χ2n) is 5.74. The first kappa shape index (κ1) is 15.6. The summed E-state index contributed by atoms with van der Waals surface area (Å²) in [5.74, 6) is 0.574. The molecule has 0 bridgehead atoms. The van der Waals surface area contributed by atoms with Gasteiger partial charge in [-0.2, -0.15) is 0 Å². The first-order valence-corrected chi connectivity index (χ1v) is 9.26. The van der Waals surface area contributed by atoms with Crippen LogP contribution in [0.5, 0.6) is 5.75 Å². The van der Waals surface area contributed by atoms with E-state index in [9.17, 15) is 8.42 Å². The van der Waals surface area contributed by atoms with Crippen molar-refractivity contribution in [2.75, 3.05) is 13.4 Å². The summed E-state index contributed by atoms with van der Waals surface area (Å²) in [5, 5.41) is 0.153. The molecule has 0 aliphatic carbocycles. The quantitative estimate of drug-likeness (QED) is 0.795. The Bertz CT molecular complexity index is 957. The lowest BCUT2D eigenvalue weighted by atomic mass is 10.0. The van der Waals surface area contributed by atoms with E-state index in [-0.39, 0.29) is 0 Å². The summed E-state index contributed by atoms with van der Waals surface area (Å²) in [5.41, 5.74) is 3.41. The van der Waals surface area contributed by atoms with E-state index in [1.165, 1.54) is 6.26 Å². The molecule has 1 heterocycles. The number of rotatable bonds is 4. The molecule has 5 heteroatoms. The normalized spacial score (nSPS) is 13.2. The molecule has 0 aliphatic rings. The molecule has 1 atom stereocenters. The second kappa shape index (κ2) is 5.74. The van der Waals surface area contributed by atoms with Gasteiger partial charge in [0.2, 0.25) is 0 Å². The van der Waals surface area contributed by atoms with Crippen molar-refractivity contribution >= 4 is 20.7 Å². The van der Waals surface area contributed by atoms with Crippen LogP contribution >= 0.6 is 0 Å². The SMILES string of the molecule is COc1ccccc1C(c1c[nH]c2ccc(C)cc12)S(C)(=O)=O. The van der Waals surface area contributed by atoms with Gasteiger partial charge in [0.15, 0.2) is 9.84 Å². The van der Waals surface area contributed by atoms with Gasteiger partial charge in [0.1, 0.15) is 11.0 Å². The molecule has 0 aliphatic heterocycles. The minimum atomic E-state index is -3.38. The fourth-order valence-corrected chi connectivity index (χ4v) is 4.30. The van der Waals surface area contributed by atoms with Gasteiger partial charge in [0, 0.05) is 34.5 Å². The number of nitrogens with one attached hydrogen (secondary N) is 1. The fraction of sp³-hybridized carbons (Fsp3) is 0.222. The van der Waals surface area contributed by atoms with Crippen LogP contribution in [-0.4, -0.2) is 26.8 Å². The summed E-state index contributed by atoms with van der Waals surface area (Å²) in [6.07, 6.45) is 3.04. The molecule has 2 aromatic carbocycles. The first-order valence-electron chi connectivity index (χ1n) is 7.31. The molecular weight excluding hydrogens is 310 g/mol. The number of benzene rings is 2. The van der Waals surface area contributed by atoms with Gasteiger partial charge in [-0.15, -0.1) is 0 Å². The Labute approximate surface area is 136 Å². The van der Waals surface area contributed by atoms with Crippen LogP contribution in [0, 0.1) is 6.92 Å². The third-order valence-corrected chi connectivity index (χ3v) is 5.37. The number of ether oxygens (including phenoxy) is 1. The van der Waals surface area contributed by atoms with Crippen LogP contribution in [0.4, 0.5) is 0 Å². The molecule has 0 amide bonds. The average Bonchev–Trinajstić information content (AvgIpc) is 2.89. The molecule has 4 nitrogen and oxygen atoms in total. The molecule has 0 radical (unpaired) electrons. The topological polar surface area (TPSA) is 59.2 Å². The van der Waals surface area contributed by atoms with Crippen LogP contribution in [0.2, 0.25) is 0 Å². The lowest BCUT2D eigenvalue weighted by Gasteiger charge is -2.18. The summed E-state index contributed by atoms with van der Waals surface area (Å²) in [4.78, 5) is 3.17. The minimum Gasteiger partial charge on any atom is -0.496 e. The van der Waals surface area contributed by atoms with Crippen molar-refractivity contribution < 1.29 is 13.2 Å². The maximum Gasteiger partial charge on any atom is 0.158 e. The molecule has 120 valence electrons. The summed E-state index contributed by atoms with van der Waals surface area (Å²) in [6, 6.07) is 13.2. The molecule has 0 saturated heterocycles. The van der Waals surface area contributed by atoms with Gasteiger partial charge in [0.25, 0.3) is 0 Å². The number of aryl methyl sites for hydroxylation is 1. The van der Waals surface area contributed by atoms with E-state index in [4.69, 9.17) is 4.74 Å². The zero-order valence-corrected chi connectivity index (χ0v) is 14.1. The number of H-pyrrole nitrogens is 1. The number of fused-ring (bicyclic) bond motifs is 1. The number of aromatic nitrogens is 1. The average molecular weight is 329 g/mol. The number of sulfone groups is 1. The van der Waals surface area contributed by atoms with Crippen LogP contribution in [-0.2, 0) is 9.84 Å². The maximum atomic E-state index is 12.6. The zero-order chi connectivity index (χ0) is 16.6. The predicted octanol–water partition coefficient (Wildman–Crippen LogP) is 3.62. The van der Waals surface area contributed by atoms with Gasteiger partial charge in [-0.1, -0.05) is 29.8 Å². The molecular formula is C18H19NO3S. The largest absolute Gasteiger partial charge is 0.496 e. The Morgan fingerprint density at radius 2 is 1.83 bits per heavy atom. The van der Waals surface area contributed by atoms with Crippen LogP contribution in [0.3, 0.4) is 0 Å². The van der Waals surface area contributed by atoms with Crippen molar-refractivity contribution in [3.63, 3.8) is 0 Å². The molecule has 23 heavy (non-hydrogen) atoms. The van der Waals surface area contributed by atoms with Crippen molar-refractivity contribution in [3.05, 3.63) is 65.4 Å². The number of methoxy groups -OCH3 is 1. The highest BCUT2D eigenvalue weighted by Crippen LogP contribution is 2.38. The van der Waals surface area contributed by atoms with E-state index in [1.807, 2.05) is 37.3 Å². The van der Waals surface area contributed by atoms with Gasteiger partial charge in [-0.3, -0.25) is 0 Å². The van der Waals surface area contributed by atoms with E-state index < -0.39 is 15.1 Å². The molecule has 1 unspecified atom stereocenters. The molecule has 3 aromatic rings. The van der Waals surface area contributed by atoms with E-state index >= 15 is 0 Å². The fourth-order valence-electron chi connectivity index (χ4n) is 2.98. The highest BCUT2D eigenvalue weighted by atomic mass is 32.2. The Kier molecular flexibility index (Phi) is 3.90. The second-order valence-corrected chi connectivity index (χ2v) is 7.88. The van der Waals surface area contributed by atoms with Crippen LogP contribution in [0.15, 0.2) is 48.7 Å². The number of hydrogen-bond acceptors (Lipinski definition) is 3. The number of aromatic amines is 1. The summed E-state index contributed by atoms with van der Waals surface area (Å²) in [6.45, 7) is 1.99. The number of para-hydroxylation sites is 1. The van der Waals surface area contributed by atoms with Crippen molar-refractivity contribution in [1.82, 2.24) is 4.98 Å². The van der Waals surface area contributed by atoms with Gasteiger partial charge >= 0.3 is 0 Å². The van der Waals surface area contributed by atoms with Crippen molar-refractivity contribution in [1.29, 1.82) is 0 Å². The summed E-state index contributed by atoms with van der Waals surface area (Å²) < 4.78 is 30.5. The highest BCUT2D eigenvalue weighted by Gasteiger charge is 2.30. The van der Waals surface area contributed by atoms with Crippen molar-refractivity contribution in [3.8, 4) is 5.75 Å². The maximum absolute atomic E-state index is 12.6. The van der Waals surface area contributed by atoms with Gasteiger partial charge < -0.3 is 9.72 Å². The van der Waals surface area contributed by atoms with E-state index in [2.05, 4.69) is 4.98 Å². The Morgan fingerprint density at radius 3 is 2.52 bits per heavy atom. The van der Waals surface area contributed by atoms with Crippen LogP contribution < -0.4 is 4.74 Å². The molecule has 0 saturated carbocycles. The number of hydrogen-bond donors (Lipinski definition) is 1. The third-order valence-electron chi connectivity index (χ3n) is 4.00. The Balaban J connectivity index is 2.30. The van der Waals surface area contributed by atoms with Crippen molar-refractivity contribution in [2.45, 2.75) is 12.2 Å². The summed E-state index contributed by atoms with van der Waals surface area (Å²) >= 11 is 0. The molecule has 1 N–H and O–H groups in total. The van der Waals surface area contributed by atoms with E-state index in [0.717, 1.165) is 22.0 Å². The van der Waals surface area contributed by atoms with Crippen LogP contribution in [0.25, 0.3) is 10.9 Å².